The van der Waals surface area contributed by atoms with E-state index < -0.39 is 12.0 Å². The van der Waals surface area contributed by atoms with Crippen LogP contribution in [0.25, 0.3) is 0 Å². The number of rotatable bonds is 4. The number of carbonyl (C=O) groups excluding carboxylic acids is 1. The first-order valence-corrected chi connectivity index (χ1v) is 8.60. The van der Waals surface area contributed by atoms with Crippen molar-refractivity contribution < 1.29 is 14.7 Å². The topological polar surface area (TPSA) is 57.6 Å². The molecule has 2 unspecified atom stereocenters. The van der Waals surface area contributed by atoms with Crippen LogP contribution in [0.1, 0.15) is 30.1 Å². The molecule has 0 saturated carbocycles. The molecule has 1 aromatic rings. The maximum Gasteiger partial charge on any atom is 0.327 e. The third kappa shape index (κ3) is 3.28. The highest BCUT2D eigenvalue weighted by molar-refractivity contribution is 14.1. The predicted molar refractivity (Wildman–Crippen MR) is 87.9 cm³/mol. The number of halogens is 1. The van der Waals surface area contributed by atoms with E-state index in [-0.39, 0.29) is 11.3 Å². The van der Waals surface area contributed by atoms with Crippen LogP contribution in [0.4, 0.5) is 0 Å². The Kier molecular flexibility index (Phi) is 5.31. The number of thioether (sulfide) groups is 1. The van der Waals surface area contributed by atoms with Crippen LogP contribution >= 0.6 is 34.4 Å². The molecule has 1 aromatic carbocycles. The lowest BCUT2D eigenvalue weighted by atomic mass is 10.1. The molecule has 1 saturated heterocycles. The van der Waals surface area contributed by atoms with Crippen molar-refractivity contribution in [2.24, 2.45) is 0 Å². The Balaban J connectivity index is 2.26. The van der Waals surface area contributed by atoms with E-state index in [1.54, 1.807) is 28.8 Å². The second kappa shape index (κ2) is 6.80. The number of nitrogens with zero attached hydrogens (tertiary/aromatic N) is 1. The molecule has 2 atom stereocenters. The molecule has 0 aliphatic carbocycles. The van der Waals surface area contributed by atoms with Crippen LogP contribution in [0.15, 0.2) is 24.3 Å². The Morgan fingerprint density at radius 3 is 2.60 bits per heavy atom. The highest BCUT2D eigenvalue weighted by atomic mass is 127. The van der Waals surface area contributed by atoms with Crippen molar-refractivity contribution in [3.63, 3.8) is 0 Å². The molecule has 0 aromatic heterocycles. The van der Waals surface area contributed by atoms with Crippen LogP contribution in [0.2, 0.25) is 0 Å². The van der Waals surface area contributed by atoms with E-state index in [4.69, 9.17) is 0 Å². The largest absolute Gasteiger partial charge is 0.480 e. The highest BCUT2D eigenvalue weighted by Crippen LogP contribution is 2.33. The minimum absolute atomic E-state index is 0.0344. The van der Waals surface area contributed by atoms with Gasteiger partial charge in [0.2, 0.25) is 0 Å². The van der Waals surface area contributed by atoms with Crippen LogP contribution in [-0.4, -0.2) is 39.1 Å². The van der Waals surface area contributed by atoms with E-state index in [1.165, 1.54) is 0 Å². The molecule has 1 aliphatic heterocycles. The maximum absolute atomic E-state index is 12.6. The van der Waals surface area contributed by atoms with Gasteiger partial charge in [0.1, 0.15) is 6.04 Å². The highest BCUT2D eigenvalue weighted by Gasteiger charge is 2.41. The number of carboxylic acids is 1. The number of benzene rings is 1. The minimum atomic E-state index is -0.921. The number of hydrogen-bond donors (Lipinski definition) is 1. The molecule has 4 nitrogen and oxygen atoms in total. The van der Waals surface area contributed by atoms with E-state index in [0.29, 0.717) is 11.3 Å². The molecule has 1 aliphatic rings. The van der Waals surface area contributed by atoms with Crippen molar-refractivity contribution in [2.45, 2.75) is 31.2 Å². The third-order valence-electron chi connectivity index (χ3n) is 3.24. The molecule has 0 spiro atoms. The number of carbonyl (C=O) groups is 2. The summed E-state index contributed by atoms with van der Waals surface area (Å²) in [6, 6.07) is 6.52. The first-order chi connectivity index (χ1) is 9.54. The van der Waals surface area contributed by atoms with Gasteiger partial charge in [0.15, 0.2) is 0 Å². The van der Waals surface area contributed by atoms with Crippen molar-refractivity contribution in [1.82, 2.24) is 4.90 Å². The second-order valence-corrected chi connectivity index (χ2v) is 7.11. The number of aliphatic carboxylic acids is 1. The molecule has 20 heavy (non-hydrogen) atoms. The smallest absolute Gasteiger partial charge is 0.327 e. The standard InChI is InChI=1S/C14H16INO3S/c1-2-3-12-16(11(8-20-12)14(18)19)13(17)9-4-6-10(15)7-5-9/h4-7,11-12H,2-3,8H2,1H3,(H,18,19). The van der Waals surface area contributed by atoms with Crippen LogP contribution in [0, 0.1) is 3.57 Å². The lowest BCUT2D eigenvalue weighted by molar-refractivity contribution is -0.141. The van der Waals surface area contributed by atoms with Gasteiger partial charge >= 0.3 is 5.97 Å². The summed E-state index contributed by atoms with van der Waals surface area (Å²) in [5.41, 5.74) is 0.556. The Bertz CT molecular complexity index is 506. The van der Waals surface area contributed by atoms with Crippen LogP contribution in [0.3, 0.4) is 0 Å². The first kappa shape index (κ1) is 15.6. The van der Waals surface area contributed by atoms with Gasteiger partial charge < -0.3 is 10.0 Å². The maximum atomic E-state index is 12.6. The van der Waals surface area contributed by atoms with Gasteiger partial charge in [0.25, 0.3) is 5.91 Å². The fourth-order valence-electron chi connectivity index (χ4n) is 2.24. The summed E-state index contributed by atoms with van der Waals surface area (Å²) < 4.78 is 1.05. The second-order valence-electron chi connectivity index (χ2n) is 4.65. The molecule has 6 heteroatoms. The zero-order valence-electron chi connectivity index (χ0n) is 11.1. The molecular formula is C14H16INO3S. The molecule has 1 N–H and O–H groups in total. The summed E-state index contributed by atoms with van der Waals surface area (Å²) in [6.45, 7) is 2.04. The van der Waals surface area contributed by atoms with Crippen LogP contribution in [-0.2, 0) is 4.79 Å². The van der Waals surface area contributed by atoms with Gasteiger partial charge in [-0.15, -0.1) is 11.8 Å². The predicted octanol–water partition coefficient (Wildman–Crippen LogP) is 3.06. The monoisotopic (exact) mass is 405 g/mol. The van der Waals surface area contributed by atoms with Crippen molar-refractivity contribution in [1.29, 1.82) is 0 Å². The zero-order chi connectivity index (χ0) is 14.7. The van der Waals surface area contributed by atoms with Crippen molar-refractivity contribution in [3.8, 4) is 0 Å². The van der Waals surface area contributed by atoms with Gasteiger partial charge in [0, 0.05) is 14.9 Å². The van der Waals surface area contributed by atoms with Crippen LogP contribution < -0.4 is 0 Å². The van der Waals surface area contributed by atoms with E-state index in [1.807, 2.05) is 19.1 Å². The molecular weight excluding hydrogens is 389 g/mol. The van der Waals surface area contributed by atoms with Gasteiger partial charge in [0.05, 0.1) is 5.37 Å². The lowest BCUT2D eigenvalue weighted by Gasteiger charge is -2.27. The average Bonchev–Trinajstić information content (AvgIpc) is 2.83. The van der Waals surface area contributed by atoms with Crippen molar-refractivity contribution >= 4 is 46.2 Å². The summed E-state index contributed by atoms with van der Waals surface area (Å²) in [6.07, 6.45) is 1.75. The lowest BCUT2D eigenvalue weighted by Crippen LogP contribution is -2.45. The average molecular weight is 405 g/mol. The summed E-state index contributed by atoms with van der Waals surface area (Å²) in [5.74, 6) is -0.636. The Hall–Kier alpha value is -0.760. The fraction of sp³-hybridized carbons (Fsp3) is 0.429. The number of amides is 1. The summed E-state index contributed by atoms with van der Waals surface area (Å²) in [7, 11) is 0. The molecule has 108 valence electrons. The molecule has 1 fully saturated rings. The van der Waals surface area contributed by atoms with E-state index >= 15 is 0 Å². The molecule has 0 radical (unpaired) electrons. The van der Waals surface area contributed by atoms with Gasteiger partial charge in [-0.05, 0) is 53.3 Å². The van der Waals surface area contributed by atoms with Crippen molar-refractivity contribution in [2.75, 3.05) is 5.75 Å². The van der Waals surface area contributed by atoms with Gasteiger partial charge in [-0.3, -0.25) is 4.79 Å². The van der Waals surface area contributed by atoms with E-state index in [2.05, 4.69) is 22.6 Å². The summed E-state index contributed by atoms with van der Waals surface area (Å²) >= 11 is 3.74. The summed E-state index contributed by atoms with van der Waals surface area (Å²) in [5, 5.41) is 9.27. The minimum Gasteiger partial charge on any atom is -0.480 e. The Morgan fingerprint density at radius 2 is 2.05 bits per heavy atom. The number of hydrogen-bond acceptors (Lipinski definition) is 3. The van der Waals surface area contributed by atoms with E-state index in [0.717, 1.165) is 16.4 Å². The first-order valence-electron chi connectivity index (χ1n) is 6.47. The van der Waals surface area contributed by atoms with Crippen LogP contribution in [0.5, 0.6) is 0 Å². The van der Waals surface area contributed by atoms with Gasteiger partial charge in [-0.25, -0.2) is 4.79 Å². The Labute approximate surface area is 136 Å². The van der Waals surface area contributed by atoms with Crippen molar-refractivity contribution in [3.05, 3.63) is 33.4 Å². The van der Waals surface area contributed by atoms with Gasteiger partial charge in [-0.1, -0.05) is 13.3 Å². The zero-order valence-corrected chi connectivity index (χ0v) is 14.1. The third-order valence-corrected chi connectivity index (χ3v) is 5.31. The van der Waals surface area contributed by atoms with Gasteiger partial charge in [-0.2, -0.15) is 0 Å². The Morgan fingerprint density at radius 1 is 1.40 bits per heavy atom. The summed E-state index contributed by atoms with van der Waals surface area (Å²) in [4.78, 5) is 25.5. The molecule has 1 amide bonds. The quantitative estimate of drug-likeness (QED) is 0.783. The molecule has 0 bridgehead atoms. The normalized spacial score (nSPS) is 22.0. The number of carboxylic acid groups (broad SMARTS) is 1. The fourth-order valence-corrected chi connectivity index (χ4v) is 4.11. The molecule has 2 rings (SSSR count). The molecule has 1 heterocycles. The SMILES string of the molecule is CCCC1SCC(C(=O)O)N1C(=O)c1ccc(I)cc1. The van der Waals surface area contributed by atoms with E-state index in [9.17, 15) is 14.7 Å².